The van der Waals surface area contributed by atoms with Crippen molar-refractivity contribution < 1.29 is 29.1 Å². The van der Waals surface area contributed by atoms with Crippen LogP contribution in [0.25, 0.3) is 10.9 Å². The highest BCUT2D eigenvalue weighted by molar-refractivity contribution is 5.83. The van der Waals surface area contributed by atoms with Gasteiger partial charge in [0.2, 0.25) is 0 Å². The smallest absolute Gasteiger partial charge is 0.365 e. The van der Waals surface area contributed by atoms with E-state index in [1.807, 2.05) is 56.0 Å². The standard InChI is InChI=1S/C26H33N3O6/c1-6-8-9-10-23-22-15-21(11-12-24(22)28-27-23)32-26-17(3)13-20(14-18(26)4)29(7-2)16-25(31)34-35-33-19(5)30/h11-15H,6-10,16H2,1-5H3,(H,27,28). The van der Waals surface area contributed by atoms with Crippen LogP contribution < -0.4 is 9.64 Å². The molecule has 0 atom stereocenters. The zero-order chi connectivity index (χ0) is 25.4. The van der Waals surface area contributed by atoms with Gasteiger partial charge in [-0.15, -0.1) is 0 Å². The van der Waals surface area contributed by atoms with Crippen molar-refractivity contribution in [1.82, 2.24) is 10.2 Å². The van der Waals surface area contributed by atoms with E-state index >= 15 is 0 Å². The highest BCUT2D eigenvalue weighted by Gasteiger charge is 2.17. The Kier molecular flexibility index (Phi) is 9.08. The molecule has 0 aliphatic carbocycles. The zero-order valence-corrected chi connectivity index (χ0v) is 21.0. The van der Waals surface area contributed by atoms with Gasteiger partial charge >= 0.3 is 11.9 Å². The molecule has 0 spiro atoms. The summed E-state index contributed by atoms with van der Waals surface area (Å²) in [7, 11) is 0. The normalized spacial score (nSPS) is 10.9. The summed E-state index contributed by atoms with van der Waals surface area (Å²) in [6.45, 7) is 9.67. The lowest BCUT2D eigenvalue weighted by molar-refractivity contribution is -0.458. The maximum absolute atomic E-state index is 12.0. The number of likely N-dealkylation sites (N-methyl/N-ethyl adjacent to an activating group) is 1. The fraction of sp³-hybridized carbons (Fsp3) is 0.423. The molecule has 188 valence electrons. The predicted octanol–water partition coefficient (Wildman–Crippen LogP) is 5.48. The van der Waals surface area contributed by atoms with Gasteiger partial charge in [-0.05, 0) is 75.1 Å². The fourth-order valence-corrected chi connectivity index (χ4v) is 3.91. The van der Waals surface area contributed by atoms with Crippen LogP contribution in [0.2, 0.25) is 0 Å². The highest BCUT2D eigenvalue weighted by atomic mass is 17.5. The summed E-state index contributed by atoms with van der Waals surface area (Å²) in [5, 5.41) is 12.8. The number of carbonyl (C=O) groups is 2. The topological polar surface area (TPSA) is 103 Å². The van der Waals surface area contributed by atoms with Gasteiger partial charge in [0.25, 0.3) is 0 Å². The third kappa shape index (κ3) is 6.95. The Hall–Kier alpha value is -3.59. The Morgan fingerprint density at radius 3 is 2.43 bits per heavy atom. The molecule has 0 fully saturated rings. The SMILES string of the molecule is CCCCCc1[nH]nc2ccc(Oc3c(C)cc(N(CC)CC(=O)OOOC(C)=O)cc3C)cc12. The van der Waals surface area contributed by atoms with Gasteiger partial charge < -0.3 is 9.64 Å². The van der Waals surface area contributed by atoms with Crippen molar-refractivity contribution in [1.29, 1.82) is 0 Å². The van der Waals surface area contributed by atoms with Crippen LogP contribution in [-0.4, -0.2) is 35.2 Å². The number of hydrogen-bond donors (Lipinski definition) is 1. The van der Waals surface area contributed by atoms with E-state index in [0.717, 1.165) is 64.7 Å². The first kappa shape index (κ1) is 26.0. The van der Waals surface area contributed by atoms with Crippen molar-refractivity contribution >= 4 is 28.5 Å². The number of anilines is 1. The molecule has 0 bridgehead atoms. The van der Waals surface area contributed by atoms with Crippen molar-refractivity contribution in [2.45, 2.75) is 60.3 Å². The number of aromatic nitrogens is 2. The second-order valence-corrected chi connectivity index (χ2v) is 8.46. The summed E-state index contributed by atoms with van der Waals surface area (Å²) < 4.78 is 6.30. The third-order valence-electron chi connectivity index (χ3n) is 5.64. The van der Waals surface area contributed by atoms with E-state index in [2.05, 4.69) is 31.9 Å². The number of H-pyrrole nitrogens is 1. The Labute approximate surface area is 205 Å². The molecule has 0 aliphatic rings. The number of benzene rings is 2. The molecule has 0 saturated heterocycles. The molecule has 2 aromatic carbocycles. The van der Waals surface area contributed by atoms with E-state index in [4.69, 9.17) is 4.74 Å². The van der Waals surface area contributed by atoms with E-state index in [0.29, 0.717) is 6.54 Å². The average molecular weight is 484 g/mol. The lowest BCUT2D eigenvalue weighted by Crippen LogP contribution is -2.31. The molecular weight excluding hydrogens is 450 g/mol. The number of hydrogen-bond acceptors (Lipinski definition) is 8. The molecule has 3 aromatic rings. The number of aromatic amines is 1. The van der Waals surface area contributed by atoms with Gasteiger partial charge in [0, 0.05) is 35.3 Å². The lowest BCUT2D eigenvalue weighted by atomic mass is 10.1. The Bertz CT molecular complexity index is 1150. The van der Waals surface area contributed by atoms with Gasteiger partial charge in [-0.2, -0.15) is 5.10 Å². The maximum atomic E-state index is 12.0. The number of unbranched alkanes of at least 4 members (excludes halogenated alkanes) is 2. The molecule has 9 heteroatoms. The number of fused-ring (bicyclic) bond motifs is 1. The monoisotopic (exact) mass is 483 g/mol. The number of nitrogens with one attached hydrogen (secondary N) is 1. The lowest BCUT2D eigenvalue weighted by Gasteiger charge is -2.23. The number of carbonyl (C=O) groups excluding carboxylic acids is 2. The van der Waals surface area contributed by atoms with Crippen molar-refractivity contribution in [2.24, 2.45) is 0 Å². The van der Waals surface area contributed by atoms with E-state index in [-0.39, 0.29) is 6.54 Å². The average Bonchev–Trinajstić information content (AvgIpc) is 3.22. The second kappa shape index (κ2) is 12.2. The van der Waals surface area contributed by atoms with E-state index in [9.17, 15) is 9.59 Å². The summed E-state index contributed by atoms with van der Waals surface area (Å²) in [6.07, 6.45) is 4.44. The molecule has 35 heavy (non-hydrogen) atoms. The number of aryl methyl sites for hydroxylation is 3. The van der Waals surface area contributed by atoms with Crippen LogP contribution >= 0.6 is 0 Å². The molecular formula is C26H33N3O6. The number of rotatable bonds is 12. The minimum Gasteiger partial charge on any atom is -0.457 e. The van der Waals surface area contributed by atoms with Crippen molar-refractivity contribution in [3.63, 3.8) is 0 Å². The molecule has 3 rings (SSSR count). The summed E-state index contributed by atoms with van der Waals surface area (Å²) in [4.78, 5) is 33.2. The molecule has 0 saturated carbocycles. The van der Waals surface area contributed by atoms with E-state index in [1.54, 1.807) is 0 Å². The summed E-state index contributed by atoms with van der Waals surface area (Å²) in [5.74, 6) is 0.104. The molecule has 0 amide bonds. The van der Waals surface area contributed by atoms with Crippen molar-refractivity contribution in [3.05, 3.63) is 47.2 Å². The number of ether oxygens (including phenoxy) is 1. The first-order valence-corrected chi connectivity index (χ1v) is 11.9. The maximum Gasteiger partial charge on any atom is 0.365 e. The second-order valence-electron chi connectivity index (χ2n) is 8.46. The van der Waals surface area contributed by atoms with Crippen LogP contribution in [0.15, 0.2) is 30.3 Å². The van der Waals surface area contributed by atoms with E-state index < -0.39 is 11.9 Å². The highest BCUT2D eigenvalue weighted by Crippen LogP contribution is 2.34. The van der Waals surface area contributed by atoms with Gasteiger partial charge in [0.15, 0.2) is 0 Å². The summed E-state index contributed by atoms with van der Waals surface area (Å²) in [5.41, 5.74) is 4.75. The first-order chi connectivity index (χ1) is 16.8. The van der Waals surface area contributed by atoms with Gasteiger partial charge in [-0.25, -0.2) is 9.59 Å². The Morgan fingerprint density at radius 1 is 1.03 bits per heavy atom. The third-order valence-corrected chi connectivity index (χ3v) is 5.64. The van der Waals surface area contributed by atoms with Gasteiger partial charge in [0.1, 0.15) is 18.0 Å². The van der Waals surface area contributed by atoms with Crippen LogP contribution in [0.1, 0.15) is 56.9 Å². The fourth-order valence-electron chi connectivity index (χ4n) is 3.91. The van der Waals surface area contributed by atoms with Gasteiger partial charge in [-0.1, -0.05) is 19.8 Å². The van der Waals surface area contributed by atoms with Crippen molar-refractivity contribution in [3.8, 4) is 11.5 Å². The van der Waals surface area contributed by atoms with Gasteiger partial charge in [0.05, 0.1) is 5.52 Å². The van der Waals surface area contributed by atoms with Crippen LogP contribution in [0.3, 0.4) is 0 Å². The molecule has 1 heterocycles. The minimum absolute atomic E-state index is 0.0746. The van der Waals surface area contributed by atoms with Crippen LogP contribution in [-0.2, 0) is 30.8 Å². The molecule has 0 aliphatic heterocycles. The molecule has 0 radical (unpaired) electrons. The molecule has 1 N–H and O–H groups in total. The largest absolute Gasteiger partial charge is 0.457 e. The minimum atomic E-state index is -0.716. The van der Waals surface area contributed by atoms with Crippen LogP contribution in [0, 0.1) is 13.8 Å². The predicted molar refractivity (Wildman–Crippen MR) is 132 cm³/mol. The quantitative estimate of drug-likeness (QED) is 0.205. The van der Waals surface area contributed by atoms with Crippen LogP contribution in [0.5, 0.6) is 11.5 Å². The summed E-state index contributed by atoms with van der Waals surface area (Å²) in [6, 6.07) is 9.83. The Balaban J connectivity index is 1.74. The molecule has 0 unspecified atom stereocenters. The van der Waals surface area contributed by atoms with Crippen LogP contribution in [0.4, 0.5) is 5.69 Å². The van der Waals surface area contributed by atoms with E-state index in [1.165, 1.54) is 12.8 Å². The number of nitrogens with zero attached hydrogens (tertiary/aromatic N) is 2. The van der Waals surface area contributed by atoms with Crippen molar-refractivity contribution in [2.75, 3.05) is 18.0 Å². The zero-order valence-electron chi connectivity index (χ0n) is 21.0. The first-order valence-electron chi connectivity index (χ1n) is 11.9. The Morgan fingerprint density at radius 2 is 1.77 bits per heavy atom. The van der Waals surface area contributed by atoms with Gasteiger partial charge in [-0.3, -0.25) is 14.9 Å². The molecule has 9 nitrogen and oxygen atoms in total. The summed E-state index contributed by atoms with van der Waals surface area (Å²) >= 11 is 0. The molecule has 1 aromatic heterocycles.